The van der Waals surface area contributed by atoms with Gasteiger partial charge in [0.1, 0.15) is 11.4 Å². The molecule has 26 heavy (non-hydrogen) atoms. The second-order valence-corrected chi connectivity index (χ2v) is 7.00. The molecule has 0 aliphatic carbocycles. The van der Waals surface area contributed by atoms with Crippen molar-refractivity contribution < 1.29 is 18.8 Å². The Balaban J connectivity index is 1.56. The highest BCUT2D eigenvalue weighted by Gasteiger charge is 2.41. The number of nitrogens with one attached hydrogen (secondary N) is 3. The third-order valence-electron chi connectivity index (χ3n) is 4.90. The summed E-state index contributed by atoms with van der Waals surface area (Å²) in [6.45, 7) is 3.25. The Morgan fingerprint density at radius 3 is 2.62 bits per heavy atom. The quantitative estimate of drug-likeness (QED) is 0.700. The van der Waals surface area contributed by atoms with Crippen LogP contribution in [-0.2, 0) is 9.59 Å². The van der Waals surface area contributed by atoms with Crippen LogP contribution >= 0.6 is 0 Å². The van der Waals surface area contributed by atoms with E-state index in [1.54, 1.807) is 19.1 Å². The highest BCUT2D eigenvalue weighted by Crippen LogP contribution is 2.26. The molecule has 1 unspecified atom stereocenters. The summed E-state index contributed by atoms with van der Waals surface area (Å²) in [6.07, 6.45) is 3.47. The van der Waals surface area contributed by atoms with E-state index in [0.29, 0.717) is 11.4 Å². The molecular weight excluding hydrogens is 339 g/mol. The van der Waals surface area contributed by atoms with Crippen LogP contribution in [0.15, 0.2) is 18.2 Å². The fourth-order valence-electron chi connectivity index (χ4n) is 3.32. The first kappa shape index (κ1) is 18.2. The standard InChI is InChI=1S/C18H23FN4O3/c1-18(16(25)21-17(26)22-18)8-7-15(24)20-12-5-6-14(13(19)11-12)23-9-3-2-4-10-23/h5-6,11H,2-4,7-10H2,1H3,(H,20,24)(H2,21,22,25,26). The van der Waals surface area contributed by atoms with Crippen molar-refractivity contribution in [3.05, 3.63) is 24.0 Å². The van der Waals surface area contributed by atoms with Crippen molar-refractivity contribution in [3.63, 3.8) is 0 Å². The first-order valence-electron chi connectivity index (χ1n) is 8.85. The van der Waals surface area contributed by atoms with Gasteiger partial charge in [0.25, 0.3) is 5.91 Å². The molecule has 2 saturated heterocycles. The van der Waals surface area contributed by atoms with Gasteiger partial charge in [-0.05, 0) is 50.8 Å². The van der Waals surface area contributed by atoms with E-state index in [0.717, 1.165) is 25.9 Å². The summed E-state index contributed by atoms with van der Waals surface area (Å²) in [5.41, 5.74) is -0.170. The van der Waals surface area contributed by atoms with Gasteiger partial charge >= 0.3 is 6.03 Å². The molecule has 7 nitrogen and oxygen atoms in total. The van der Waals surface area contributed by atoms with Gasteiger partial charge in [0.05, 0.1) is 5.69 Å². The van der Waals surface area contributed by atoms with Crippen LogP contribution in [0.3, 0.4) is 0 Å². The SMILES string of the molecule is CC1(CCC(=O)Nc2ccc(N3CCCCC3)c(F)c2)NC(=O)NC1=O. The van der Waals surface area contributed by atoms with Crippen LogP contribution in [0, 0.1) is 5.82 Å². The molecule has 1 aromatic rings. The number of carbonyl (C=O) groups excluding carboxylic acids is 3. The van der Waals surface area contributed by atoms with Gasteiger partial charge in [-0.25, -0.2) is 9.18 Å². The largest absolute Gasteiger partial charge is 0.369 e. The summed E-state index contributed by atoms with van der Waals surface area (Å²) in [4.78, 5) is 37.1. The average molecular weight is 362 g/mol. The number of hydrogen-bond acceptors (Lipinski definition) is 4. The molecule has 2 aliphatic heterocycles. The lowest BCUT2D eigenvalue weighted by Crippen LogP contribution is -2.44. The molecule has 0 saturated carbocycles. The molecule has 3 rings (SSSR count). The van der Waals surface area contributed by atoms with Crippen molar-refractivity contribution in [1.82, 2.24) is 10.6 Å². The van der Waals surface area contributed by atoms with Crippen LogP contribution in [0.2, 0.25) is 0 Å². The minimum atomic E-state index is -1.10. The van der Waals surface area contributed by atoms with Gasteiger partial charge in [-0.3, -0.25) is 14.9 Å². The number of imide groups is 1. The number of amides is 4. The van der Waals surface area contributed by atoms with Gasteiger partial charge in [0, 0.05) is 25.2 Å². The molecule has 0 bridgehead atoms. The zero-order valence-electron chi connectivity index (χ0n) is 14.7. The third-order valence-corrected chi connectivity index (χ3v) is 4.90. The van der Waals surface area contributed by atoms with Crippen molar-refractivity contribution in [2.45, 2.75) is 44.6 Å². The molecule has 0 spiro atoms. The molecule has 3 N–H and O–H groups in total. The lowest BCUT2D eigenvalue weighted by molar-refractivity contribution is -0.124. The third kappa shape index (κ3) is 3.95. The number of halogens is 1. The van der Waals surface area contributed by atoms with Crippen molar-refractivity contribution in [2.75, 3.05) is 23.3 Å². The summed E-state index contributed by atoms with van der Waals surface area (Å²) >= 11 is 0. The number of rotatable bonds is 5. The Hall–Kier alpha value is -2.64. The zero-order chi connectivity index (χ0) is 18.7. The second-order valence-electron chi connectivity index (χ2n) is 7.00. The van der Waals surface area contributed by atoms with Gasteiger partial charge in [-0.2, -0.15) is 0 Å². The predicted molar refractivity (Wildman–Crippen MR) is 95.4 cm³/mol. The number of anilines is 2. The predicted octanol–water partition coefficient (Wildman–Crippen LogP) is 2.13. The van der Waals surface area contributed by atoms with E-state index in [4.69, 9.17) is 0 Å². The summed E-state index contributed by atoms with van der Waals surface area (Å²) in [5.74, 6) is -1.16. The van der Waals surface area contributed by atoms with Gasteiger partial charge < -0.3 is 15.5 Å². The monoisotopic (exact) mass is 362 g/mol. The van der Waals surface area contributed by atoms with Crippen molar-refractivity contribution in [2.24, 2.45) is 0 Å². The minimum absolute atomic E-state index is 0.0275. The first-order valence-corrected chi connectivity index (χ1v) is 8.85. The molecule has 0 radical (unpaired) electrons. The fraction of sp³-hybridized carbons (Fsp3) is 0.500. The Morgan fingerprint density at radius 2 is 2.00 bits per heavy atom. The Kier molecular flexibility index (Phi) is 5.11. The highest BCUT2D eigenvalue weighted by molar-refractivity contribution is 6.07. The van der Waals surface area contributed by atoms with Gasteiger partial charge in [-0.1, -0.05) is 0 Å². The Bertz CT molecular complexity index is 733. The molecule has 1 aromatic carbocycles. The molecule has 140 valence electrons. The van der Waals surface area contributed by atoms with Crippen molar-refractivity contribution >= 4 is 29.2 Å². The lowest BCUT2D eigenvalue weighted by Gasteiger charge is -2.29. The van der Waals surface area contributed by atoms with Gasteiger partial charge in [-0.15, -0.1) is 0 Å². The zero-order valence-corrected chi connectivity index (χ0v) is 14.7. The summed E-state index contributed by atoms with van der Waals surface area (Å²) in [6, 6.07) is 4.11. The van der Waals surface area contributed by atoms with E-state index in [1.165, 1.54) is 12.5 Å². The van der Waals surface area contributed by atoms with Crippen LogP contribution in [0.25, 0.3) is 0 Å². The fourth-order valence-corrected chi connectivity index (χ4v) is 3.32. The Labute approximate surface area is 151 Å². The molecule has 2 heterocycles. The van der Waals surface area contributed by atoms with E-state index >= 15 is 0 Å². The molecule has 4 amide bonds. The molecule has 1 atom stereocenters. The van der Waals surface area contributed by atoms with Crippen molar-refractivity contribution in [3.8, 4) is 0 Å². The number of nitrogens with zero attached hydrogens (tertiary/aromatic N) is 1. The maximum atomic E-state index is 14.4. The maximum absolute atomic E-state index is 14.4. The lowest BCUT2D eigenvalue weighted by atomic mass is 9.96. The van der Waals surface area contributed by atoms with Crippen LogP contribution < -0.4 is 20.9 Å². The molecule has 2 fully saturated rings. The number of piperidine rings is 1. The first-order chi connectivity index (χ1) is 12.4. The molecule has 0 aromatic heterocycles. The van der Waals surface area contributed by atoms with Crippen molar-refractivity contribution in [1.29, 1.82) is 0 Å². The normalized spacial score (nSPS) is 22.8. The smallest absolute Gasteiger partial charge is 0.322 e. The molecule has 8 heteroatoms. The van der Waals surface area contributed by atoms with Crippen LogP contribution in [0.1, 0.15) is 39.0 Å². The average Bonchev–Trinajstić information content (AvgIpc) is 2.86. The Morgan fingerprint density at radius 1 is 1.27 bits per heavy atom. The van der Waals surface area contributed by atoms with E-state index in [9.17, 15) is 18.8 Å². The van der Waals surface area contributed by atoms with E-state index in [1.807, 2.05) is 4.90 Å². The highest BCUT2D eigenvalue weighted by atomic mass is 19.1. The van der Waals surface area contributed by atoms with Crippen LogP contribution in [0.4, 0.5) is 20.6 Å². The second kappa shape index (κ2) is 7.31. The van der Waals surface area contributed by atoms with E-state index in [-0.39, 0.29) is 24.6 Å². The van der Waals surface area contributed by atoms with Gasteiger partial charge in [0.2, 0.25) is 5.91 Å². The van der Waals surface area contributed by atoms with Crippen LogP contribution in [-0.4, -0.2) is 36.5 Å². The number of carbonyl (C=O) groups is 3. The topological polar surface area (TPSA) is 90.5 Å². The molecule has 2 aliphatic rings. The minimum Gasteiger partial charge on any atom is -0.369 e. The van der Waals surface area contributed by atoms with Gasteiger partial charge in [0.15, 0.2) is 0 Å². The molecular formula is C18H23FN4O3. The number of benzene rings is 1. The summed E-state index contributed by atoms with van der Waals surface area (Å²) < 4.78 is 14.4. The number of hydrogen-bond donors (Lipinski definition) is 3. The van der Waals surface area contributed by atoms with Crippen LogP contribution in [0.5, 0.6) is 0 Å². The van der Waals surface area contributed by atoms with E-state index in [2.05, 4.69) is 16.0 Å². The van der Waals surface area contributed by atoms with E-state index < -0.39 is 17.5 Å². The number of urea groups is 1. The summed E-state index contributed by atoms with van der Waals surface area (Å²) in [7, 11) is 0. The maximum Gasteiger partial charge on any atom is 0.322 e. The summed E-state index contributed by atoms with van der Waals surface area (Å²) in [5, 5.41) is 7.30.